The fourth-order valence-corrected chi connectivity index (χ4v) is 6.44. The monoisotopic (exact) mass is 497 g/mol. The first-order chi connectivity index (χ1) is 13.6. The fourth-order valence-electron chi connectivity index (χ4n) is 3.35. The number of rotatable bonds is 6. The topological polar surface area (TPSA) is 77.2 Å². The molecule has 28 heavy (non-hydrogen) atoms. The van der Waals surface area contributed by atoms with Crippen LogP contribution in [0.4, 0.5) is 5.69 Å². The van der Waals surface area contributed by atoms with E-state index in [0.717, 1.165) is 38.2 Å². The Morgan fingerprint density at radius 2 is 2.36 bits per heavy atom. The SMILES string of the molecule is N[C@@H]1[C@@H](OC=O)C=CC[C@H]1c1sc2c(NCc3cccs3)cc(Cl)nc2c1Br. The summed E-state index contributed by atoms with van der Waals surface area (Å²) in [6.07, 6.45) is 4.20. The summed E-state index contributed by atoms with van der Waals surface area (Å²) in [6, 6.07) is 5.65. The van der Waals surface area contributed by atoms with Gasteiger partial charge in [0.1, 0.15) is 11.3 Å². The maximum absolute atomic E-state index is 10.8. The normalized spacial score (nSPS) is 21.8. The van der Waals surface area contributed by atoms with Crippen LogP contribution in [0.3, 0.4) is 0 Å². The lowest BCUT2D eigenvalue weighted by atomic mass is 9.86. The Morgan fingerprint density at radius 1 is 1.50 bits per heavy atom. The molecule has 0 unspecified atom stereocenters. The number of thiophene rings is 2. The summed E-state index contributed by atoms with van der Waals surface area (Å²) in [6.45, 7) is 1.17. The summed E-state index contributed by atoms with van der Waals surface area (Å²) in [4.78, 5) is 17.6. The fraction of sp³-hybridized carbons (Fsp3) is 0.263. The minimum absolute atomic E-state index is 0.0208. The van der Waals surface area contributed by atoms with Crippen molar-refractivity contribution < 1.29 is 9.53 Å². The Morgan fingerprint density at radius 3 is 3.11 bits per heavy atom. The summed E-state index contributed by atoms with van der Waals surface area (Å²) in [5, 5.41) is 5.96. The van der Waals surface area contributed by atoms with Crippen LogP contribution in [0, 0.1) is 0 Å². The number of allylic oxidation sites excluding steroid dienone is 1. The summed E-state index contributed by atoms with van der Waals surface area (Å²) in [5.41, 5.74) is 8.17. The van der Waals surface area contributed by atoms with Crippen molar-refractivity contribution in [2.24, 2.45) is 5.73 Å². The molecule has 4 rings (SSSR count). The molecule has 0 aromatic carbocycles. The number of nitrogens with zero attached hydrogens (tertiary/aromatic N) is 1. The molecule has 3 aromatic heterocycles. The molecule has 3 aromatic rings. The van der Waals surface area contributed by atoms with Crippen molar-refractivity contribution in [3.8, 4) is 0 Å². The summed E-state index contributed by atoms with van der Waals surface area (Å²) < 4.78 is 7.06. The quantitative estimate of drug-likeness (QED) is 0.274. The van der Waals surface area contributed by atoms with Gasteiger partial charge in [0.05, 0.1) is 26.4 Å². The molecule has 0 saturated heterocycles. The van der Waals surface area contributed by atoms with E-state index in [1.165, 1.54) is 4.88 Å². The third-order valence-corrected chi connectivity index (χ3v) is 8.20. The van der Waals surface area contributed by atoms with E-state index in [1.54, 1.807) is 22.7 Å². The first-order valence-corrected chi connectivity index (χ1v) is 11.5. The highest BCUT2D eigenvalue weighted by atomic mass is 79.9. The minimum atomic E-state index is -0.429. The molecular formula is C19H17BrClN3O2S2. The first-order valence-electron chi connectivity index (χ1n) is 8.64. The third-order valence-electron chi connectivity index (χ3n) is 4.72. The van der Waals surface area contributed by atoms with Crippen molar-refractivity contribution in [2.75, 3.05) is 5.32 Å². The predicted octanol–water partition coefficient (Wildman–Crippen LogP) is 5.30. The van der Waals surface area contributed by atoms with Gasteiger partial charge in [0.15, 0.2) is 0 Å². The van der Waals surface area contributed by atoms with Crippen LogP contribution in [0.5, 0.6) is 0 Å². The molecule has 5 nitrogen and oxygen atoms in total. The Bertz CT molecular complexity index is 1020. The van der Waals surface area contributed by atoms with Gasteiger partial charge in [0.2, 0.25) is 0 Å². The van der Waals surface area contributed by atoms with Gasteiger partial charge in [0.25, 0.3) is 6.47 Å². The van der Waals surface area contributed by atoms with Crippen molar-refractivity contribution in [2.45, 2.75) is 31.0 Å². The number of aromatic nitrogens is 1. The van der Waals surface area contributed by atoms with Crippen LogP contribution in [0.15, 0.2) is 40.2 Å². The average Bonchev–Trinajstić information content (AvgIpc) is 3.31. The molecule has 0 saturated carbocycles. The van der Waals surface area contributed by atoms with Crippen LogP contribution in [-0.2, 0) is 16.1 Å². The molecule has 3 atom stereocenters. The number of fused-ring (bicyclic) bond motifs is 1. The molecule has 1 aliphatic rings. The molecule has 0 bridgehead atoms. The Labute approximate surface area is 183 Å². The number of carbonyl (C=O) groups excluding carboxylic acids is 1. The molecule has 9 heteroatoms. The zero-order valence-electron chi connectivity index (χ0n) is 14.6. The number of nitrogens with two attached hydrogens (primary N) is 1. The van der Waals surface area contributed by atoms with Gasteiger partial charge in [-0.1, -0.05) is 23.7 Å². The van der Waals surface area contributed by atoms with Crippen molar-refractivity contribution in [3.05, 3.63) is 55.1 Å². The van der Waals surface area contributed by atoms with Gasteiger partial charge in [-0.3, -0.25) is 4.79 Å². The summed E-state index contributed by atoms with van der Waals surface area (Å²) in [5.74, 6) is 0.0208. The molecule has 0 radical (unpaired) electrons. The lowest BCUT2D eigenvalue weighted by molar-refractivity contribution is -0.132. The van der Waals surface area contributed by atoms with Gasteiger partial charge < -0.3 is 15.8 Å². The Kier molecular flexibility index (Phi) is 6.03. The molecule has 0 aliphatic heterocycles. The summed E-state index contributed by atoms with van der Waals surface area (Å²) in [7, 11) is 0. The number of halogens is 2. The number of hydrogen-bond donors (Lipinski definition) is 2. The Hall–Kier alpha value is -1.45. The zero-order valence-corrected chi connectivity index (χ0v) is 18.6. The van der Waals surface area contributed by atoms with Crippen molar-refractivity contribution in [1.29, 1.82) is 0 Å². The third kappa shape index (κ3) is 3.84. The van der Waals surface area contributed by atoms with Crippen molar-refractivity contribution in [1.82, 2.24) is 4.98 Å². The molecular weight excluding hydrogens is 482 g/mol. The van der Waals surface area contributed by atoms with Gasteiger partial charge in [-0.25, -0.2) is 4.98 Å². The van der Waals surface area contributed by atoms with Gasteiger partial charge >= 0.3 is 0 Å². The molecule has 0 amide bonds. The van der Waals surface area contributed by atoms with Crippen LogP contribution in [0.2, 0.25) is 5.15 Å². The molecule has 1 aliphatic carbocycles. The van der Waals surface area contributed by atoms with Gasteiger partial charge in [0, 0.05) is 28.3 Å². The lowest BCUT2D eigenvalue weighted by Gasteiger charge is -2.30. The van der Waals surface area contributed by atoms with Gasteiger partial charge in [-0.2, -0.15) is 0 Å². The van der Waals surface area contributed by atoms with E-state index in [0.29, 0.717) is 11.6 Å². The molecule has 3 heterocycles. The number of carbonyl (C=O) groups is 1. The molecule has 3 N–H and O–H groups in total. The van der Waals surface area contributed by atoms with Gasteiger partial charge in [-0.15, -0.1) is 22.7 Å². The molecule has 146 valence electrons. The number of hydrogen-bond acceptors (Lipinski definition) is 7. The van der Waals surface area contributed by atoms with Crippen LogP contribution in [-0.4, -0.2) is 23.6 Å². The van der Waals surface area contributed by atoms with Crippen molar-refractivity contribution >= 4 is 72.6 Å². The van der Waals surface area contributed by atoms with E-state index in [9.17, 15) is 4.79 Å². The standard InChI is InChI=1S/C19H17BrClN3O2S2/c20-15-17-19(12(7-14(21)24-17)23-8-10-3-2-6-27-10)28-18(15)11-4-1-5-13(16(11)22)26-9-25/h1-3,5-7,9,11,13,16H,4,8,22H2,(H,23,24)/t11-,13+,16+/m1/s1. The van der Waals surface area contributed by atoms with E-state index in [-0.39, 0.29) is 12.0 Å². The number of pyridine rings is 1. The molecule has 0 spiro atoms. The second-order valence-electron chi connectivity index (χ2n) is 6.43. The maximum atomic E-state index is 10.8. The minimum Gasteiger partial charge on any atom is -0.459 e. The largest absolute Gasteiger partial charge is 0.459 e. The average molecular weight is 499 g/mol. The Balaban J connectivity index is 1.70. The number of anilines is 1. The van der Waals surface area contributed by atoms with E-state index in [2.05, 4.69) is 37.7 Å². The smallest absolute Gasteiger partial charge is 0.293 e. The number of ether oxygens (including phenoxy) is 1. The highest BCUT2D eigenvalue weighted by Crippen LogP contribution is 2.46. The van der Waals surface area contributed by atoms with Crippen LogP contribution in [0.1, 0.15) is 22.1 Å². The second kappa shape index (κ2) is 8.51. The van der Waals surface area contributed by atoms with Crippen molar-refractivity contribution in [3.63, 3.8) is 0 Å². The van der Waals surface area contributed by atoms with Gasteiger partial charge in [-0.05, 0) is 39.9 Å². The van der Waals surface area contributed by atoms with E-state index >= 15 is 0 Å². The molecule has 0 fully saturated rings. The van der Waals surface area contributed by atoms with Crippen LogP contribution >= 0.6 is 50.2 Å². The van der Waals surface area contributed by atoms with E-state index in [1.807, 2.05) is 24.3 Å². The van der Waals surface area contributed by atoms with Crippen LogP contribution < -0.4 is 11.1 Å². The van der Waals surface area contributed by atoms with E-state index < -0.39 is 6.10 Å². The van der Waals surface area contributed by atoms with Crippen LogP contribution in [0.25, 0.3) is 10.2 Å². The highest BCUT2D eigenvalue weighted by molar-refractivity contribution is 9.10. The van der Waals surface area contributed by atoms with E-state index in [4.69, 9.17) is 22.1 Å². The zero-order chi connectivity index (χ0) is 19.7. The summed E-state index contributed by atoms with van der Waals surface area (Å²) >= 11 is 13.3. The first kappa shape index (κ1) is 19.8. The second-order valence-corrected chi connectivity index (χ2v) is 9.69. The highest BCUT2D eigenvalue weighted by Gasteiger charge is 2.33. The predicted molar refractivity (Wildman–Crippen MR) is 119 cm³/mol. The lowest BCUT2D eigenvalue weighted by Crippen LogP contribution is -2.42. The maximum Gasteiger partial charge on any atom is 0.293 e. The number of nitrogens with one attached hydrogen (secondary N) is 1.